The number of anilines is 1. The molecule has 1 amide bonds. The van der Waals surface area contributed by atoms with Gasteiger partial charge in [-0.3, -0.25) is 4.79 Å². The van der Waals surface area contributed by atoms with Gasteiger partial charge >= 0.3 is 0 Å². The van der Waals surface area contributed by atoms with Gasteiger partial charge in [0.25, 0.3) is 0 Å². The molecule has 2 rings (SSSR count). The van der Waals surface area contributed by atoms with Gasteiger partial charge in [0.2, 0.25) is 5.91 Å². The fourth-order valence-electron chi connectivity index (χ4n) is 2.21. The van der Waals surface area contributed by atoms with Crippen LogP contribution in [0, 0.1) is 11.3 Å². The Balaban J connectivity index is 2.04. The van der Waals surface area contributed by atoms with Gasteiger partial charge in [-0.15, -0.1) is 0 Å². The van der Waals surface area contributed by atoms with Crippen molar-refractivity contribution in [2.24, 2.45) is 0 Å². The third-order valence-electron chi connectivity index (χ3n) is 3.26. The number of halogens is 1. The first-order valence-corrected chi connectivity index (χ1v) is 7.16. The van der Waals surface area contributed by atoms with Crippen LogP contribution in [0.3, 0.4) is 0 Å². The second-order valence-corrected chi connectivity index (χ2v) is 5.56. The van der Waals surface area contributed by atoms with Crippen molar-refractivity contribution in [3.8, 4) is 6.07 Å². The highest BCUT2D eigenvalue weighted by molar-refractivity contribution is 9.10. The van der Waals surface area contributed by atoms with Crippen LogP contribution in [0.25, 0.3) is 0 Å². The van der Waals surface area contributed by atoms with Crippen molar-refractivity contribution in [3.05, 3.63) is 28.2 Å². The Hall–Kier alpha value is -1.54. The number of likely N-dealkylation sites (tertiary alicyclic amines) is 1. The number of nitriles is 1. The highest BCUT2D eigenvalue weighted by Crippen LogP contribution is 2.24. The molecule has 1 N–H and O–H groups in total. The number of amides is 1. The van der Waals surface area contributed by atoms with E-state index >= 15 is 0 Å². The number of nitrogens with zero attached hydrogens (tertiary/aromatic N) is 2. The Bertz CT molecular complexity index is 518. The number of carbonyl (C=O) groups excluding carboxylic acids is 1. The normalized spacial score (nSPS) is 15.9. The van der Waals surface area contributed by atoms with Crippen LogP contribution in [0.15, 0.2) is 22.7 Å². The van der Waals surface area contributed by atoms with Gasteiger partial charge < -0.3 is 10.2 Å². The molecule has 100 valence electrons. The summed E-state index contributed by atoms with van der Waals surface area (Å²) >= 11 is 3.41. The Morgan fingerprint density at radius 3 is 2.74 bits per heavy atom. The third-order valence-corrected chi connectivity index (χ3v) is 3.91. The van der Waals surface area contributed by atoms with Crippen LogP contribution in [0.5, 0.6) is 0 Å². The Morgan fingerprint density at radius 2 is 2.16 bits per heavy atom. The quantitative estimate of drug-likeness (QED) is 0.931. The molecule has 0 radical (unpaired) electrons. The van der Waals surface area contributed by atoms with E-state index in [2.05, 4.69) is 27.3 Å². The average molecular weight is 322 g/mol. The third kappa shape index (κ3) is 3.27. The summed E-state index contributed by atoms with van der Waals surface area (Å²) in [5.41, 5.74) is 1.43. The van der Waals surface area contributed by atoms with E-state index in [-0.39, 0.29) is 11.9 Å². The molecule has 1 aromatic carbocycles. The minimum atomic E-state index is -0.262. The molecule has 0 bridgehead atoms. The van der Waals surface area contributed by atoms with Crippen LogP contribution < -0.4 is 5.32 Å². The fraction of sp³-hybridized carbons (Fsp3) is 0.429. The van der Waals surface area contributed by atoms with Crippen LogP contribution in [-0.4, -0.2) is 29.9 Å². The zero-order valence-electron chi connectivity index (χ0n) is 10.8. The molecule has 1 aliphatic rings. The Kier molecular flexibility index (Phi) is 4.43. The van der Waals surface area contributed by atoms with E-state index < -0.39 is 0 Å². The summed E-state index contributed by atoms with van der Waals surface area (Å²) < 4.78 is 0.799. The van der Waals surface area contributed by atoms with Crippen LogP contribution in [0.4, 0.5) is 5.69 Å². The maximum Gasteiger partial charge on any atom is 0.244 e. The Labute approximate surface area is 121 Å². The minimum absolute atomic E-state index is 0.133. The monoisotopic (exact) mass is 321 g/mol. The number of hydrogen-bond acceptors (Lipinski definition) is 3. The molecule has 0 spiro atoms. The molecule has 0 saturated carbocycles. The lowest BCUT2D eigenvalue weighted by molar-refractivity contribution is -0.130. The first kappa shape index (κ1) is 13.9. The Morgan fingerprint density at radius 1 is 1.47 bits per heavy atom. The molecule has 1 aliphatic heterocycles. The van der Waals surface area contributed by atoms with E-state index in [0.717, 1.165) is 36.1 Å². The van der Waals surface area contributed by atoms with E-state index in [0.29, 0.717) is 5.56 Å². The van der Waals surface area contributed by atoms with E-state index in [1.807, 2.05) is 17.9 Å². The molecule has 5 heteroatoms. The number of rotatable bonds is 3. The maximum atomic E-state index is 12.2. The number of hydrogen-bond donors (Lipinski definition) is 1. The topological polar surface area (TPSA) is 56.1 Å². The van der Waals surface area contributed by atoms with E-state index in [4.69, 9.17) is 5.26 Å². The lowest BCUT2D eigenvalue weighted by atomic mass is 10.2. The highest BCUT2D eigenvalue weighted by Gasteiger charge is 2.23. The maximum absolute atomic E-state index is 12.2. The van der Waals surface area contributed by atoms with Crippen LogP contribution in [0.2, 0.25) is 0 Å². The first-order chi connectivity index (χ1) is 9.11. The van der Waals surface area contributed by atoms with Crippen molar-refractivity contribution in [1.82, 2.24) is 4.90 Å². The van der Waals surface area contributed by atoms with Gasteiger partial charge in [0.05, 0.1) is 11.6 Å². The lowest BCUT2D eigenvalue weighted by Gasteiger charge is -2.22. The molecule has 1 fully saturated rings. The van der Waals surface area contributed by atoms with Gasteiger partial charge in [-0.05, 0) is 53.9 Å². The van der Waals surface area contributed by atoms with Crippen molar-refractivity contribution in [2.45, 2.75) is 25.8 Å². The molecule has 1 atom stereocenters. The predicted molar refractivity (Wildman–Crippen MR) is 77.8 cm³/mol. The summed E-state index contributed by atoms with van der Waals surface area (Å²) in [6.45, 7) is 3.59. The summed E-state index contributed by atoms with van der Waals surface area (Å²) in [7, 11) is 0. The van der Waals surface area contributed by atoms with E-state index in [1.54, 1.807) is 12.1 Å². The summed E-state index contributed by atoms with van der Waals surface area (Å²) in [5, 5.41) is 12.0. The smallest absolute Gasteiger partial charge is 0.244 e. The van der Waals surface area contributed by atoms with Crippen molar-refractivity contribution < 1.29 is 4.79 Å². The van der Waals surface area contributed by atoms with Gasteiger partial charge in [-0.1, -0.05) is 0 Å². The van der Waals surface area contributed by atoms with Crippen LogP contribution in [0.1, 0.15) is 25.3 Å². The molecule has 1 aromatic rings. The predicted octanol–water partition coefficient (Wildman–Crippen LogP) is 2.74. The first-order valence-electron chi connectivity index (χ1n) is 6.37. The van der Waals surface area contributed by atoms with Crippen LogP contribution >= 0.6 is 15.9 Å². The summed E-state index contributed by atoms with van der Waals surface area (Å²) in [6, 6.07) is 7.12. The van der Waals surface area contributed by atoms with Crippen LogP contribution in [-0.2, 0) is 4.79 Å². The fourth-order valence-corrected chi connectivity index (χ4v) is 2.70. The lowest BCUT2D eigenvalue weighted by Crippen LogP contribution is -2.39. The SMILES string of the molecule is CC(Nc1ccc(C#N)cc1Br)C(=O)N1CCCC1. The molecule has 19 heavy (non-hydrogen) atoms. The standard InChI is InChI=1S/C14H16BrN3O/c1-10(14(19)18-6-2-3-7-18)17-13-5-4-11(9-16)8-12(13)15/h4-5,8,10,17H,2-3,6-7H2,1H3. The summed E-state index contributed by atoms with van der Waals surface area (Å²) in [6.07, 6.45) is 2.19. The van der Waals surface area contributed by atoms with Crippen molar-refractivity contribution >= 4 is 27.5 Å². The summed E-state index contributed by atoms with van der Waals surface area (Å²) in [5.74, 6) is 0.133. The highest BCUT2D eigenvalue weighted by atomic mass is 79.9. The molecular formula is C14H16BrN3O. The van der Waals surface area contributed by atoms with Gasteiger partial charge in [0.15, 0.2) is 0 Å². The second kappa shape index (κ2) is 6.07. The summed E-state index contributed by atoms with van der Waals surface area (Å²) in [4.78, 5) is 14.1. The minimum Gasteiger partial charge on any atom is -0.373 e. The van der Waals surface area contributed by atoms with Gasteiger partial charge in [0.1, 0.15) is 6.04 Å². The second-order valence-electron chi connectivity index (χ2n) is 4.70. The number of carbonyl (C=O) groups is 1. The molecule has 1 saturated heterocycles. The zero-order chi connectivity index (χ0) is 13.8. The molecule has 4 nitrogen and oxygen atoms in total. The van der Waals surface area contributed by atoms with Crippen molar-refractivity contribution in [3.63, 3.8) is 0 Å². The average Bonchev–Trinajstić information content (AvgIpc) is 2.94. The van der Waals surface area contributed by atoms with E-state index in [9.17, 15) is 4.79 Å². The molecule has 0 aliphatic carbocycles. The molecular weight excluding hydrogens is 306 g/mol. The largest absolute Gasteiger partial charge is 0.373 e. The van der Waals surface area contributed by atoms with Crippen molar-refractivity contribution in [1.29, 1.82) is 5.26 Å². The molecule has 1 unspecified atom stereocenters. The zero-order valence-corrected chi connectivity index (χ0v) is 12.4. The number of benzene rings is 1. The van der Waals surface area contributed by atoms with Crippen molar-refractivity contribution in [2.75, 3.05) is 18.4 Å². The van der Waals surface area contributed by atoms with Gasteiger partial charge in [-0.25, -0.2) is 0 Å². The van der Waals surface area contributed by atoms with E-state index in [1.165, 1.54) is 0 Å². The van der Waals surface area contributed by atoms with Gasteiger partial charge in [0, 0.05) is 23.2 Å². The number of nitrogens with one attached hydrogen (secondary N) is 1. The molecule has 1 heterocycles. The molecule has 0 aromatic heterocycles. The van der Waals surface area contributed by atoms with Gasteiger partial charge in [-0.2, -0.15) is 5.26 Å².